The molecule has 2 heterocycles. The lowest BCUT2D eigenvalue weighted by Gasteiger charge is -2.28. The Labute approximate surface area is 123 Å². The van der Waals surface area contributed by atoms with E-state index in [0.717, 1.165) is 41.5 Å². The van der Waals surface area contributed by atoms with Crippen LogP contribution in [0.3, 0.4) is 0 Å². The quantitative estimate of drug-likeness (QED) is 0.942. The maximum Gasteiger partial charge on any atom is 0.124 e. The lowest BCUT2D eigenvalue weighted by Crippen LogP contribution is -2.35. The number of benzene rings is 1. The molecule has 1 atom stereocenters. The predicted octanol–water partition coefficient (Wildman–Crippen LogP) is 2.27. The Hall–Kier alpha value is -1.27. The van der Waals surface area contributed by atoms with Gasteiger partial charge in [-0.15, -0.1) is 11.3 Å². The Morgan fingerprint density at radius 1 is 1.50 bits per heavy atom. The monoisotopic (exact) mass is 289 g/mol. The fraction of sp³-hybridized carbons (Fsp3) is 0.400. The molecular formula is C15H19N3OS. The molecular weight excluding hydrogens is 270 g/mol. The highest BCUT2D eigenvalue weighted by Gasteiger charge is 2.22. The zero-order valence-electron chi connectivity index (χ0n) is 11.6. The number of thiazole rings is 1. The van der Waals surface area contributed by atoms with Gasteiger partial charge in [0.05, 0.1) is 12.3 Å². The van der Waals surface area contributed by atoms with E-state index in [9.17, 15) is 0 Å². The van der Waals surface area contributed by atoms with Crippen molar-refractivity contribution in [1.82, 2.24) is 9.88 Å². The number of morpholine rings is 1. The molecule has 106 valence electrons. The Balaban J connectivity index is 1.82. The van der Waals surface area contributed by atoms with Gasteiger partial charge < -0.3 is 15.4 Å². The summed E-state index contributed by atoms with van der Waals surface area (Å²) >= 11 is 1.67. The second kappa shape index (κ2) is 6.01. The van der Waals surface area contributed by atoms with Gasteiger partial charge in [0.1, 0.15) is 11.1 Å². The first kappa shape index (κ1) is 13.7. The van der Waals surface area contributed by atoms with Crippen LogP contribution in [0.25, 0.3) is 11.3 Å². The molecule has 5 heteroatoms. The topological polar surface area (TPSA) is 51.4 Å². The summed E-state index contributed by atoms with van der Waals surface area (Å²) in [6, 6.07) is 8.25. The molecule has 0 aliphatic carbocycles. The third kappa shape index (κ3) is 2.91. The molecule has 2 aromatic rings. The fourth-order valence-electron chi connectivity index (χ4n) is 2.35. The zero-order valence-corrected chi connectivity index (χ0v) is 12.4. The molecule has 0 radical (unpaired) electrons. The van der Waals surface area contributed by atoms with Crippen molar-refractivity contribution in [1.29, 1.82) is 0 Å². The molecule has 0 spiro atoms. The van der Waals surface area contributed by atoms with Crippen LogP contribution in [0.1, 0.15) is 16.7 Å². The van der Waals surface area contributed by atoms with Crippen LogP contribution < -0.4 is 5.73 Å². The summed E-state index contributed by atoms with van der Waals surface area (Å²) in [6.07, 6.45) is 0.102. The SMILES string of the molecule is CN1CCOC(c2nc(-c3cccc(CN)c3)cs2)C1. The molecule has 0 amide bonds. The normalized spacial score (nSPS) is 20.2. The van der Waals surface area contributed by atoms with Gasteiger partial charge in [0, 0.05) is 30.6 Å². The standard InChI is InChI=1S/C15H19N3OS/c1-18-5-6-19-14(9-18)15-17-13(10-20-15)12-4-2-3-11(7-12)8-16/h2-4,7,10,14H,5-6,8-9,16H2,1H3. The number of ether oxygens (including phenoxy) is 1. The molecule has 1 aromatic carbocycles. The minimum atomic E-state index is 0.102. The van der Waals surface area contributed by atoms with Crippen LogP contribution >= 0.6 is 11.3 Å². The average Bonchev–Trinajstić information content (AvgIpc) is 2.97. The second-order valence-electron chi connectivity index (χ2n) is 5.10. The Morgan fingerprint density at radius 2 is 2.40 bits per heavy atom. The molecule has 1 saturated heterocycles. The van der Waals surface area contributed by atoms with Crippen LogP contribution in [-0.4, -0.2) is 36.6 Å². The smallest absolute Gasteiger partial charge is 0.124 e. The van der Waals surface area contributed by atoms with E-state index in [1.54, 1.807) is 11.3 Å². The summed E-state index contributed by atoms with van der Waals surface area (Å²) in [6.45, 7) is 3.24. The summed E-state index contributed by atoms with van der Waals surface area (Å²) in [5.74, 6) is 0. The van der Waals surface area contributed by atoms with Crippen molar-refractivity contribution in [3.8, 4) is 11.3 Å². The molecule has 0 bridgehead atoms. The third-order valence-electron chi connectivity index (χ3n) is 3.53. The Morgan fingerprint density at radius 3 is 3.20 bits per heavy atom. The number of nitrogens with zero attached hydrogens (tertiary/aromatic N) is 2. The van der Waals surface area contributed by atoms with Gasteiger partial charge in [-0.2, -0.15) is 0 Å². The van der Waals surface area contributed by atoms with E-state index in [-0.39, 0.29) is 6.10 Å². The molecule has 1 aliphatic rings. The van der Waals surface area contributed by atoms with Crippen LogP contribution in [0.2, 0.25) is 0 Å². The highest BCUT2D eigenvalue weighted by atomic mass is 32.1. The van der Waals surface area contributed by atoms with Gasteiger partial charge in [0.25, 0.3) is 0 Å². The van der Waals surface area contributed by atoms with Crippen LogP contribution in [0.5, 0.6) is 0 Å². The number of aromatic nitrogens is 1. The van der Waals surface area contributed by atoms with Gasteiger partial charge in [0.15, 0.2) is 0 Å². The number of rotatable bonds is 3. The van der Waals surface area contributed by atoms with E-state index in [4.69, 9.17) is 15.5 Å². The summed E-state index contributed by atoms with van der Waals surface area (Å²) in [4.78, 5) is 7.02. The van der Waals surface area contributed by atoms with Crippen molar-refractivity contribution in [3.05, 3.63) is 40.2 Å². The predicted molar refractivity (Wildman–Crippen MR) is 81.6 cm³/mol. The van der Waals surface area contributed by atoms with E-state index in [2.05, 4.69) is 29.5 Å². The van der Waals surface area contributed by atoms with Gasteiger partial charge in [-0.25, -0.2) is 4.98 Å². The Bertz CT molecular complexity index is 584. The molecule has 1 fully saturated rings. The maximum atomic E-state index is 5.81. The van der Waals surface area contributed by atoms with Crippen LogP contribution in [0, 0.1) is 0 Å². The van der Waals surface area contributed by atoms with Gasteiger partial charge >= 0.3 is 0 Å². The van der Waals surface area contributed by atoms with Crippen molar-refractivity contribution in [2.75, 3.05) is 26.7 Å². The molecule has 4 nitrogen and oxygen atoms in total. The van der Waals surface area contributed by atoms with Gasteiger partial charge in [-0.1, -0.05) is 18.2 Å². The molecule has 1 unspecified atom stereocenters. The first-order valence-electron chi connectivity index (χ1n) is 6.81. The van der Waals surface area contributed by atoms with E-state index >= 15 is 0 Å². The van der Waals surface area contributed by atoms with Crippen molar-refractivity contribution in [2.24, 2.45) is 5.73 Å². The van der Waals surface area contributed by atoms with Crippen molar-refractivity contribution in [2.45, 2.75) is 12.6 Å². The molecule has 1 aliphatic heterocycles. The summed E-state index contributed by atoms with van der Waals surface area (Å²) in [5.41, 5.74) is 8.96. The molecule has 2 N–H and O–H groups in total. The van der Waals surface area contributed by atoms with Crippen LogP contribution in [0.4, 0.5) is 0 Å². The number of hydrogen-bond donors (Lipinski definition) is 1. The van der Waals surface area contributed by atoms with Gasteiger partial charge in [0.2, 0.25) is 0 Å². The highest BCUT2D eigenvalue weighted by Crippen LogP contribution is 2.29. The van der Waals surface area contributed by atoms with E-state index in [0.29, 0.717) is 6.54 Å². The second-order valence-corrected chi connectivity index (χ2v) is 5.99. The number of hydrogen-bond acceptors (Lipinski definition) is 5. The minimum Gasteiger partial charge on any atom is -0.368 e. The lowest BCUT2D eigenvalue weighted by molar-refractivity contribution is -0.0209. The largest absolute Gasteiger partial charge is 0.368 e. The van der Waals surface area contributed by atoms with Crippen LogP contribution in [-0.2, 0) is 11.3 Å². The first-order valence-corrected chi connectivity index (χ1v) is 7.69. The third-order valence-corrected chi connectivity index (χ3v) is 4.46. The molecule has 1 aromatic heterocycles. The van der Waals surface area contributed by atoms with Gasteiger partial charge in [-0.05, 0) is 18.7 Å². The van der Waals surface area contributed by atoms with Crippen molar-refractivity contribution in [3.63, 3.8) is 0 Å². The maximum absolute atomic E-state index is 5.81. The summed E-state index contributed by atoms with van der Waals surface area (Å²) in [7, 11) is 2.12. The minimum absolute atomic E-state index is 0.102. The number of likely N-dealkylation sites (N-methyl/N-ethyl adjacent to an activating group) is 1. The first-order chi connectivity index (χ1) is 9.76. The van der Waals surface area contributed by atoms with E-state index < -0.39 is 0 Å². The summed E-state index contributed by atoms with van der Waals surface area (Å²) < 4.78 is 5.81. The lowest BCUT2D eigenvalue weighted by atomic mass is 10.1. The fourth-order valence-corrected chi connectivity index (χ4v) is 3.22. The molecule has 20 heavy (non-hydrogen) atoms. The van der Waals surface area contributed by atoms with Crippen LogP contribution in [0.15, 0.2) is 29.6 Å². The van der Waals surface area contributed by atoms with Crippen molar-refractivity contribution >= 4 is 11.3 Å². The molecule has 3 rings (SSSR count). The average molecular weight is 289 g/mol. The highest BCUT2D eigenvalue weighted by molar-refractivity contribution is 7.10. The van der Waals surface area contributed by atoms with Crippen molar-refractivity contribution < 1.29 is 4.74 Å². The Kier molecular flexibility index (Phi) is 4.12. The number of nitrogens with two attached hydrogens (primary N) is 1. The zero-order chi connectivity index (χ0) is 13.9. The molecule has 0 saturated carbocycles. The van der Waals surface area contributed by atoms with E-state index in [1.165, 1.54) is 0 Å². The van der Waals surface area contributed by atoms with Gasteiger partial charge in [-0.3, -0.25) is 0 Å². The van der Waals surface area contributed by atoms with E-state index in [1.807, 2.05) is 12.1 Å². The summed E-state index contributed by atoms with van der Waals surface area (Å²) in [5, 5.41) is 3.16.